The van der Waals surface area contributed by atoms with Crippen molar-refractivity contribution in [1.29, 1.82) is 0 Å². The lowest BCUT2D eigenvalue weighted by molar-refractivity contribution is -0.890. The van der Waals surface area contributed by atoms with Crippen molar-refractivity contribution in [2.75, 3.05) is 54.4 Å². The molecule has 2 nitrogen and oxygen atoms in total. The molecule has 0 amide bonds. The van der Waals surface area contributed by atoms with Crippen molar-refractivity contribution in [3.63, 3.8) is 0 Å². The number of hydrogen-bond acceptors (Lipinski definition) is 0. The van der Waals surface area contributed by atoms with Gasteiger partial charge in [0.2, 0.25) is 0 Å². The lowest BCUT2D eigenvalue weighted by Gasteiger charge is -2.30. The van der Waals surface area contributed by atoms with E-state index >= 15 is 0 Å². The molecule has 301 valence electrons. The first-order valence-corrected chi connectivity index (χ1v) is 23.8. The summed E-state index contributed by atoms with van der Waals surface area (Å²) >= 11 is 0. The Morgan fingerprint density at radius 3 is 0.720 bits per heavy atom. The third-order valence-corrected chi connectivity index (χ3v) is 11.8. The van der Waals surface area contributed by atoms with Gasteiger partial charge in [-0.2, -0.15) is 0 Å². The molecule has 0 fully saturated rings. The largest absolute Gasteiger partial charge is 0.328 e. The molecule has 0 N–H and O–H groups in total. The predicted octanol–water partition coefficient (Wildman–Crippen LogP) is 15.8. The summed E-state index contributed by atoms with van der Waals surface area (Å²) in [6.07, 6.45) is 56.1. The second kappa shape index (κ2) is 38.6. The Labute approximate surface area is 320 Å². The molecule has 0 rings (SSSR count). The highest BCUT2D eigenvalue weighted by molar-refractivity contribution is 4.64. The van der Waals surface area contributed by atoms with Crippen LogP contribution in [0.25, 0.3) is 0 Å². The molecule has 0 aromatic carbocycles. The van der Waals surface area contributed by atoms with E-state index in [1.165, 1.54) is 273 Å². The summed E-state index contributed by atoms with van der Waals surface area (Å²) in [4.78, 5) is 0. The highest BCUT2D eigenvalue weighted by Crippen LogP contribution is 2.17. The van der Waals surface area contributed by atoms with Crippen LogP contribution in [-0.2, 0) is 0 Å². The van der Waals surface area contributed by atoms with E-state index < -0.39 is 0 Å². The highest BCUT2D eigenvalue weighted by atomic mass is 15.3. The van der Waals surface area contributed by atoms with Gasteiger partial charge in [-0.1, -0.05) is 200 Å². The molecular formula is C48H101N2+2. The average Bonchev–Trinajstić information content (AvgIpc) is 3.09. The normalized spacial score (nSPS) is 12.4. The average molecular weight is 706 g/mol. The molecule has 0 unspecified atom stereocenters. The molecule has 0 bridgehead atoms. The molecular weight excluding hydrogens is 605 g/mol. The SMILES string of the molecule is CCCCCCCCCCCCCCCCCCCCCC[N+](C)(C)CCCCCC[CH]CCC[N+](C)(C)CCCCCCCCCCCC. The van der Waals surface area contributed by atoms with Crippen molar-refractivity contribution in [3.05, 3.63) is 6.42 Å². The minimum Gasteiger partial charge on any atom is -0.328 e. The van der Waals surface area contributed by atoms with Gasteiger partial charge in [0, 0.05) is 0 Å². The number of nitrogens with zero attached hydrogens (tertiary/aromatic N) is 2. The lowest BCUT2D eigenvalue weighted by atomic mass is 10.0. The Kier molecular flexibility index (Phi) is 38.6. The number of unbranched alkanes of at least 4 members (excludes halogenated alkanes) is 35. The van der Waals surface area contributed by atoms with Gasteiger partial charge in [-0.3, -0.25) is 0 Å². The maximum Gasteiger partial charge on any atom is 0.0782 e. The van der Waals surface area contributed by atoms with Crippen LogP contribution in [0, 0.1) is 6.42 Å². The minimum absolute atomic E-state index is 1.22. The van der Waals surface area contributed by atoms with Gasteiger partial charge in [-0.25, -0.2) is 0 Å². The van der Waals surface area contributed by atoms with E-state index in [0.717, 1.165) is 0 Å². The van der Waals surface area contributed by atoms with E-state index in [0.29, 0.717) is 0 Å². The van der Waals surface area contributed by atoms with Gasteiger partial charge in [-0.15, -0.1) is 0 Å². The van der Waals surface area contributed by atoms with Gasteiger partial charge >= 0.3 is 0 Å². The molecule has 0 saturated carbocycles. The second-order valence-corrected chi connectivity index (χ2v) is 18.3. The van der Waals surface area contributed by atoms with Gasteiger partial charge in [0.15, 0.2) is 0 Å². The first-order valence-electron chi connectivity index (χ1n) is 23.8. The molecule has 1 radical (unpaired) electrons. The van der Waals surface area contributed by atoms with Crippen LogP contribution in [0.4, 0.5) is 0 Å². The van der Waals surface area contributed by atoms with E-state index in [4.69, 9.17) is 0 Å². The summed E-state index contributed by atoms with van der Waals surface area (Å²) in [6.45, 7) is 10.1. The van der Waals surface area contributed by atoms with Gasteiger partial charge in [0.05, 0.1) is 54.4 Å². The van der Waals surface area contributed by atoms with Gasteiger partial charge < -0.3 is 8.97 Å². The fourth-order valence-corrected chi connectivity index (χ4v) is 8.04. The summed E-state index contributed by atoms with van der Waals surface area (Å²) < 4.78 is 2.46. The number of hydrogen-bond donors (Lipinski definition) is 0. The number of rotatable bonds is 43. The Morgan fingerprint density at radius 2 is 0.440 bits per heavy atom. The summed E-state index contributed by atoms with van der Waals surface area (Å²) in [6, 6.07) is 0. The quantitative estimate of drug-likeness (QED) is 0.0438. The maximum atomic E-state index is 2.60. The monoisotopic (exact) mass is 706 g/mol. The van der Waals surface area contributed by atoms with E-state index in [2.05, 4.69) is 48.5 Å². The van der Waals surface area contributed by atoms with Crippen LogP contribution in [0.2, 0.25) is 0 Å². The van der Waals surface area contributed by atoms with E-state index in [1.54, 1.807) is 0 Å². The highest BCUT2D eigenvalue weighted by Gasteiger charge is 2.15. The van der Waals surface area contributed by atoms with Crippen LogP contribution in [0.3, 0.4) is 0 Å². The van der Waals surface area contributed by atoms with Crippen molar-refractivity contribution in [2.45, 2.75) is 251 Å². The molecule has 0 aliphatic rings. The maximum absolute atomic E-state index is 2.60. The van der Waals surface area contributed by atoms with Crippen molar-refractivity contribution in [3.8, 4) is 0 Å². The van der Waals surface area contributed by atoms with Gasteiger partial charge in [0.25, 0.3) is 0 Å². The molecule has 0 atom stereocenters. The first kappa shape index (κ1) is 49.9. The third kappa shape index (κ3) is 40.7. The molecule has 50 heavy (non-hydrogen) atoms. The topological polar surface area (TPSA) is 0 Å². The van der Waals surface area contributed by atoms with Crippen LogP contribution < -0.4 is 0 Å². The lowest BCUT2D eigenvalue weighted by Crippen LogP contribution is -2.41. The zero-order valence-corrected chi connectivity index (χ0v) is 36.5. The molecule has 0 aromatic rings. The van der Waals surface area contributed by atoms with Crippen LogP contribution in [0.5, 0.6) is 0 Å². The molecule has 0 spiro atoms. The van der Waals surface area contributed by atoms with Crippen molar-refractivity contribution in [2.24, 2.45) is 0 Å². The Balaban J connectivity index is 3.39. The second-order valence-electron chi connectivity index (χ2n) is 18.3. The third-order valence-electron chi connectivity index (χ3n) is 11.8. The van der Waals surface area contributed by atoms with Crippen LogP contribution in [0.1, 0.15) is 251 Å². The van der Waals surface area contributed by atoms with Gasteiger partial charge in [-0.05, 0) is 57.8 Å². The Bertz CT molecular complexity index is 626. The molecule has 0 heterocycles. The fraction of sp³-hybridized carbons (Fsp3) is 0.979. The van der Waals surface area contributed by atoms with Crippen molar-refractivity contribution < 1.29 is 8.97 Å². The van der Waals surface area contributed by atoms with Gasteiger partial charge in [0.1, 0.15) is 0 Å². The Hall–Kier alpha value is -0.0800. The zero-order valence-electron chi connectivity index (χ0n) is 36.5. The fourth-order valence-electron chi connectivity index (χ4n) is 8.04. The standard InChI is InChI=1S/C48H101N2/c1-7-9-11-13-15-17-19-20-21-22-23-24-25-26-27-28-30-34-38-42-46-50(5,6)48-44-40-36-32-31-35-39-43-47-49(3,4)45-41-37-33-29-18-16-14-12-10-8-2/h35H,7-34,36-48H2,1-6H3/q+2. The summed E-state index contributed by atoms with van der Waals surface area (Å²) in [5.41, 5.74) is 0. The van der Waals surface area contributed by atoms with E-state index in [9.17, 15) is 0 Å². The summed E-state index contributed by atoms with van der Waals surface area (Å²) in [5, 5.41) is 0. The van der Waals surface area contributed by atoms with Crippen molar-refractivity contribution in [1.82, 2.24) is 0 Å². The van der Waals surface area contributed by atoms with Crippen molar-refractivity contribution >= 4 is 0 Å². The van der Waals surface area contributed by atoms with Crippen LogP contribution in [0.15, 0.2) is 0 Å². The van der Waals surface area contributed by atoms with Crippen LogP contribution >= 0.6 is 0 Å². The molecule has 0 aromatic heterocycles. The van der Waals surface area contributed by atoms with E-state index in [-0.39, 0.29) is 0 Å². The number of quaternary nitrogens is 2. The predicted molar refractivity (Wildman–Crippen MR) is 230 cm³/mol. The zero-order chi connectivity index (χ0) is 36.7. The first-order chi connectivity index (χ1) is 24.3. The molecule has 2 heteroatoms. The van der Waals surface area contributed by atoms with Crippen LogP contribution in [-0.4, -0.2) is 63.3 Å². The smallest absolute Gasteiger partial charge is 0.0782 e. The summed E-state index contributed by atoms with van der Waals surface area (Å²) in [5.74, 6) is 0. The summed E-state index contributed by atoms with van der Waals surface area (Å²) in [7, 11) is 9.85. The Morgan fingerprint density at radius 1 is 0.240 bits per heavy atom. The molecule has 0 saturated heterocycles. The van der Waals surface area contributed by atoms with E-state index in [1.807, 2.05) is 0 Å². The minimum atomic E-state index is 1.22. The molecule has 0 aliphatic heterocycles. The molecule has 0 aliphatic carbocycles.